The van der Waals surface area contributed by atoms with Crippen molar-refractivity contribution in [2.75, 3.05) is 39.8 Å². The number of rotatable bonds is 4. The average molecular weight is 272 g/mol. The number of fused-ring (bicyclic) bond motifs is 1. The van der Waals surface area contributed by atoms with E-state index in [1.54, 1.807) is 0 Å². The van der Waals surface area contributed by atoms with Gasteiger partial charge in [-0.25, -0.2) is 0 Å². The van der Waals surface area contributed by atoms with Crippen molar-refractivity contribution < 1.29 is 0 Å². The molecule has 4 heteroatoms. The first-order valence-electron chi connectivity index (χ1n) is 7.54. The number of nitrogens with zero attached hydrogens (tertiary/aromatic N) is 4. The molecular formula is C16H24N4. The fourth-order valence-electron chi connectivity index (χ4n) is 2.95. The maximum absolute atomic E-state index is 4.30. The number of hydrogen-bond donors (Lipinski definition) is 0. The minimum atomic E-state index is 1.16. The molecule has 1 fully saturated rings. The van der Waals surface area contributed by atoms with E-state index in [1.165, 1.54) is 55.6 Å². The Hall–Kier alpha value is -1.39. The number of likely N-dealkylation sites (N-methyl/N-ethyl adjacent to an activating group) is 1. The summed E-state index contributed by atoms with van der Waals surface area (Å²) in [5, 5.41) is 5.56. The Morgan fingerprint density at radius 3 is 2.70 bits per heavy atom. The lowest BCUT2D eigenvalue weighted by atomic mass is 10.1. The maximum Gasteiger partial charge on any atom is 0.0679 e. The number of benzene rings is 1. The average Bonchev–Trinajstić information content (AvgIpc) is 2.82. The molecule has 1 saturated heterocycles. The van der Waals surface area contributed by atoms with Gasteiger partial charge in [-0.05, 0) is 44.1 Å². The number of aromatic nitrogens is 2. The fraction of sp³-hybridized carbons (Fsp3) is 0.562. The van der Waals surface area contributed by atoms with Crippen LogP contribution in [0.1, 0.15) is 12.0 Å². The van der Waals surface area contributed by atoms with Crippen LogP contribution in [0.25, 0.3) is 10.9 Å². The fourth-order valence-corrected chi connectivity index (χ4v) is 2.95. The van der Waals surface area contributed by atoms with E-state index >= 15 is 0 Å². The number of hydrogen-bond acceptors (Lipinski definition) is 3. The Labute approximate surface area is 121 Å². The van der Waals surface area contributed by atoms with Crippen molar-refractivity contribution in [1.29, 1.82) is 0 Å². The van der Waals surface area contributed by atoms with Gasteiger partial charge in [0, 0.05) is 38.6 Å². The summed E-state index contributed by atoms with van der Waals surface area (Å²) >= 11 is 0. The van der Waals surface area contributed by atoms with E-state index in [0.29, 0.717) is 0 Å². The normalized spacial score (nSPS) is 17.9. The standard InChI is InChI=1S/C16H24N4/c1-18-8-10-20(11-9-18)7-3-4-14-5-6-16-15(12-14)13-17-19(16)2/h5-6,12-13H,3-4,7-11H2,1-2H3. The van der Waals surface area contributed by atoms with Crippen LogP contribution >= 0.6 is 0 Å². The highest BCUT2D eigenvalue weighted by Gasteiger charge is 2.12. The largest absolute Gasteiger partial charge is 0.304 e. The van der Waals surface area contributed by atoms with Gasteiger partial charge in [0.15, 0.2) is 0 Å². The second kappa shape index (κ2) is 5.94. The zero-order valence-electron chi connectivity index (χ0n) is 12.5. The minimum absolute atomic E-state index is 1.16. The van der Waals surface area contributed by atoms with Gasteiger partial charge in [-0.2, -0.15) is 5.10 Å². The summed E-state index contributed by atoms with van der Waals surface area (Å²) in [6.07, 6.45) is 4.37. The molecule has 108 valence electrons. The van der Waals surface area contributed by atoms with E-state index in [-0.39, 0.29) is 0 Å². The molecule has 2 aromatic rings. The quantitative estimate of drug-likeness (QED) is 0.847. The van der Waals surface area contributed by atoms with Crippen LogP contribution in [0.3, 0.4) is 0 Å². The van der Waals surface area contributed by atoms with Crippen molar-refractivity contribution >= 4 is 10.9 Å². The third-order valence-electron chi connectivity index (χ3n) is 4.35. The molecule has 20 heavy (non-hydrogen) atoms. The molecule has 4 nitrogen and oxygen atoms in total. The Bertz CT molecular complexity index is 567. The highest BCUT2D eigenvalue weighted by Crippen LogP contribution is 2.16. The van der Waals surface area contributed by atoms with Crippen molar-refractivity contribution in [2.45, 2.75) is 12.8 Å². The smallest absolute Gasteiger partial charge is 0.0679 e. The molecule has 0 amide bonds. The lowest BCUT2D eigenvalue weighted by Gasteiger charge is -2.32. The van der Waals surface area contributed by atoms with Gasteiger partial charge in [-0.1, -0.05) is 6.07 Å². The van der Waals surface area contributed by atoms with Gasteiger partial charge in [-0.15, -0.1) is 0 Å². The zero-order chi connectivity index (χ0) is 13.9. The van der Waals surface area contributed by atoms with Crippen molar-refractivity contribution in [3.8, 4) is 0 Å². The van der Waals surface area contributed by atoms with Crippen molar-refractivity contribution in [3.63, 3.8) is 0 Å². The van der Waals surface area contributed by atoms with Gasteiger partial charge in [0.1, 0.15) is 0 Å². The molecule has 1 aromatic heterocycles. The monoisotopic (exact) mass is 272 g/mol. The summed E-state index contributed by atoms with van der Waals surface area (Å²) in [6, 6.07) is 6.72. The van der Waals surface area contributed by atoms with Crippen LogP contribution < -0.4 is 0 Å². The Morgan fingerprint density at radius 2 is 1.90 bits per heavy atom. The van der Waals surface area contributed by atoms with Crippen LogP contribution in [0, 0.1) is 0 Å². The lowest BCUT2D eigenvalue weighted by Crippen LogP contribution is -2.44. The molecule has 0 N–H and O–H groups in total. The molecule has 3 rings (SSSR count). The van der Waals surface area contributed by atoms with E-state index in [1.807, 2.05) is 17.9 Å². The SMILES string of the molecule is CN1CCN(CCCc2ccc3c(cnn3C)c2)CC1. The predicted octanol–water partition coefficient (Wildman–Crippen LogP) is 1.75. The number of piperazine rings is 1. The van der Waals surface area contributed by atoms with E-state index in [9.17, 15) is 0 Å². The summed E-state index contributed by atoms with van der Waals surface area (Å²) in [5.41, 5.74) is 2.65. The van der Waals surface area contributed by atoms with Gasteiger partial charge < -0.3 is 9.80 Å². The van der Waals surface area contributed by atoms with Gasteiger partial charge in [0.05, 0.1) is 11.7 Å². The highest BCUT2D eigenvalue weighted by molar-refractivity contribution is 5.79. The molecular weight excluding hydrogens is 248 g/mol. The summed E-state index contributed by atoms with van der Waals surface area (Å²) in [7, 11) is 4.20. The number of aryl methyl sites for hydroxylation is 2. The molecule has 0 aliphatic carbocycles. The van der Waals surface area contributed by atoms with Crippen LogP contribution in [0.15, 0.2) is 24.4 Å². The third-order valence-corrected chi connectivity index (χ3v) is 4.35. The van der Waals surface area contributed by atoms with Gasteiger partial charge >= 0.3 is 0 Å². The van der Waals surface area contributed by atoms with Crippen LogP contribution in [-0.4, -0.2) is 59.4 Å². The van der Waals surface area contributed by atoms with Gasteiger partial charge in [0.25, 0.3) is 0 Å². The summed E-state index contributed by atoms with van der Waals surface area (Å²) in [6.45, 7) is 6.08. The molecule has 1 aliphatic rings. The minimum Gasteiger partial charge on any atom is -0.304 e. The van der Waals surface area contributed by atoms with Crippen LogP contribution in [0.2, 0.25) is 0 Å². The lowest BCUT2D eigenvalue weighted by molar-refractivity contribution is 0.153. The molecule has 0 atom stereocenters. The zero-order valence-corrected chi connectivity index (χ0v) is 12.5. The van der Waals surface area contributed by atoms with Crippen LogP contribution in [0.4, 0.5) is 0 Å². The molecule has 1 aliphatic heterocycles. The molecule has 0 spiro atoms. The molecule has 0 saturated carbocycles. The third kappa shape index (κ3) is 3.02. The van der Waals surface area contributed by atoms with Crippen molar-refractivity contribution in [1.82, 2.24) is 19.6 Å². The Kier molecular flexibility index (Phi) is 4.03. The topological polar surface area (TPSA) is 24.3 Å². The van der Waals surface area contributed by atoms with Crippen LogP contribution in [0.5, 0.6) is 0 Å². The highest BCUT2D eigenvalue weighted by atomic mass is 15.2. The van der Waals surface area contributed by atoms with E-state index in [4.69, 9.17) is 0 Å². The molecule has 0 unspecified atom stereocenters. The summed E-state index contributed by atoms with van der Waals surface area (Å²) < 4.78 is 1.93. The van der Waals surface area contributed by atoms with Crippen molar-refractivity contribution in [3.05, 3.63) is 30.0 Å². The van der Waals surface area contributed by atoms with Gasteiger partial charge in [0.2, 0.25) is 0 Å². The molecule has 2 heterocycles. The Balaban J connectivity index is 1.52. The van der Waals surface area contributed by atoms with E-state index < -0.39 is 0 Å². The summed E-state index contributed by atoms with van der Waals surface area (Å²) in [5.74, 6) is 0. The second-order valence-electron chi connectivity index (χ2n) is 5.91. The van der Waals surface area contributed by atoms with E-state index in [2.05, 4.69) is 40.1 Å². The first-order chi connectivity index (χ1) is 9.72. The maximum atomic E-state index is 4.30. The summed E-state index contributed by atoms with van der Waals surface area (Å²) in [4.78, 5) is 5.00. The van der Waals surface area contributed by atoms with Gasteiger partial charge in [-0.3, -0.25) is 4.68 Å². The second-order valence-corrected chi connectivity index (χ2v) is 5.91. The van der Waals surface area contributed by atoms with Crippen molar-refractivity contribution in [2.24, 2.45) is 7.05 Å². The van der Waals surface area contributed by atoms with Crippen LogP contribution in [-0.2, 0) is 13.5 Å². The molecule has 0 bridgehead atoms. The Morgan fingerprint density at radius 1 is 1.10 bits per heavy atom. The van der Waals surface area contributed by atoms with E-state index in [0.717, 1.165) is 6.42 Å². The predicted molar refractivity (Wildman–Crippen MR) is 83.0 cm³/mol. The molecule has 1 aromatic carbocycles. The first kappa shape index (κ1) is 13.6. The molecule has 0 radical (unpaired) electrons. The first-order valence-corrected chi connectivity index (χ1v) is 7.54.